The first-order valence-electron chi connectivity index (χ1n) is 6.20. The molecule has 0 saturated heterocycles. The molecule has 0 spiro atoms. The van der Waals surface area contributed by atoms with Crippen molar-refractivity contribution in [1.82, 2.24) is 0 Å². The van der Waals surface area contributed by atoms with Gasteiger partial charge in [-0.15, -0.1) is 0 Å². The monoisotopic (exact) mass is 292 g/mol. The molecule has 0 aliphatic carbocycles. The molecule has 0 unspecified atom stereocenters. The second-order valence-electron chi connectivity index (χ2n) is 4.49. The molecule has 2 rings (SSSR count). The summed E-state index contributed by atoms with van der Waals surface area (Å²) in [6.07, 6.45) is 0. The van der Waals surface area contributed by atoms with E-state index in [1.54, 1.807) is 6.07 Å². The third-order valence-corrected chi connectivity index (χ3v) is 3.13. The van der Waals surface area contributed by atoms with Crippen LogP contribution in [-0.4, -0.2) is 20.0 Å². The van der Waals surface area contributed by atoms with Gasteiger partial charge in [0, 0.05) is 11.6 Å². The maximum Gasteiger partial charge on any atom is 0.196 e. The van der Waals surface area contributed by atoms with Crippen molar-refractivity contribution in [3.05, 3.63) is 58.7 Å². The van der Waals surface area contributed by atoms with E-state index in [1.165, 1.54) is 45.4 Å². The molecule has 2 aromatic carbocycles. The Morgan fingerprint density at radius 1 is 0.952 bits per heavy atom. The predicted octanol–water partition coefficient (Wildman–Crippen LogP) is 3.52. The van der Waals surface area contributed by atoms with Gasteiger partial charge in [-0.1, -0.05) is 6.07 Å². The molecule has 2 aromatic rings. The molecule has 5 heteroatoms. The summed E-state index contributed by atoms with van der Waals surface area (Å²) in [7, 11) is 2.88. The average molecular weight is 292 g/mol. The minimum atomic E-state index is -1.15. The van der Waals surface area contributed by atoms with Crippen LogP contribution >= 0.6 is 0 Å². The molecule has 21 heavy (non-hydrogen) atoms. The lowest BCUT2D eigenvalue weighted by molar-refractivity contribution is 0.103. The van der Waals surface area contributed by atoms with Crippen LogP contribution in [0, 0.1) is 18.6 Å². The van der Waals surface area contributed by atoms with Crippen LogP contribution in [0.2, 0.25) is 0 Å². The van der Waals surface area contributed by atoms with Gasteiger partial charge in [0.05, 0.1) is 19.8 Å². The fraction of sp³-hybridized carbons (Fsp3) is 0.188. The van der Waals surface area contributed by atoms with Gasteiger partial charge in [-0.2, -0.15) is 0 Å². The summed E-state index contributed by atoms with van der Waals surface area (Å²) in [5, 5.41) is 0. The van der Waals surface area contributed by atoms with Crippen molar-refractivity contribution in [2.75, 3.05) is 14.2 Å². The van der Waals surface area contributed by atoms with Crippen molar-refractivity contribution in [3.8, 4) is 11.5 Å². The van der Waals surface area contributed by atoms with E-state index in [1.807, 2.05) is 0 Å². The lowest BCUT2D eigenvalue weighted by Gasteiger charge is -2.09. The van der Waals surface area contributed by atoms with Crippen LogP contribution in [0.4, 0.5) is 8.78 Å². The topological polar surface area (TPSA) is 35.5 Å². The first-order valence-corrected chi connectivity index (χ1v) is 6.20. The summed E-state index contributed by atoms with van der Waals surface area (Å²) in [4.78, 5) is 12.3. The van der Waals surface area contributed by atoms with Crippen LogP contribution in [0.5, 0.6) is 11.5 Å². The van der Waals surface area contributed by atoms with Gasteiger partial charge >= 0.3 is 0 Å². The Kier molecular flexibility index (Phi) is 4.21. The standard InChI is InChI=1S/C16H14F2O3/c1-9-4-5-13(15(18)14(9)17)16(19)10-6-11(20-2)8-12(7-10)21-3/h4-8H,1-3H3. The van der Waals surface area contributed by atoms with Gasteiger partial charge in [-0.25, -0.2) is 8.78 Å². The van der Waals surface area contributed by atoms with Crippen LogP contribution in [0.15, 0.2) is 30.3 Å². The van der Waals surface area contributed by atoms with Crippen LogP contribution in [0.3, 0.4) is 0 Å². The molecule has 0 atom stereocenters. The zero-order valence-electron chi connectivity index (χ0n) is 11.9. The molecule has 0 heterocycles. The number of hydrogen-bond acceptors (Lipinski definition) is 3. The summed E-state index contributed by atoms with van der Waals surface area (Å²) in [5.74, 6) is -2.02. The van der Waals surface area contributed by atoms with E-state index in [-0.39, 0.29) is 16.7 Å². The maximum atomic E-state index is 13.9. The van der Waals surface area contributed by atoms with Crippen molar-refractivity contribution < 1.29 is 23.0 Å². The molecule has 0 radical (unpaired) electrons. The van der Waals surface area contributed by atoms with Crippen LogP contribution in [0.1, 0.15) is 21.5 Å². The van der Waals surface area contributed by atoms with E-state index in [4.69, 9.17) is 9.47 Å². The molecular formula is C16H14F2O3. The maximum absolute atomic E-state index is 13.9. The van der Waals surface area contributed by atoms with Gasteiger partial charge in [-0.3, -0.25) is 4.79 Å². The zero-order valence-corrected chi connectivity index (χ0v) is 11.9. The fourth-order valence-corrected chi connectivity index (χ4v) is 1.92. The van der Waals surface area contributed by atoms with E-state index in [2.05, 4.69) is 0 Å². The van der Waals surface area contributed by atoms with Crippen molar-refractivity contribution in [3.63, 3.8) is 0 Å². The second-order valence-corrected chi connectivity index (χ2v) is 4.49. The van der Waals surface area contributed by atoms with Crippen molar-refractivity contribution in [1.29, 1.82) is 0 Å². The second kappa shape index (κ2) is 5.91. The molecule has 0 saturated carbocycles. The molecule has 0 N–H and O–H groups in total. The third-order valence-electron chi connectivity index (χ3n) is 3.13. The highest BCUT2D eigenvalue weighted by Crippen LogP contribution is 2.26. The number of hydrogen-bond donors (Lipinski definition) is 0. The number of ether oxygens (including phenoxy) is 2. The molecule has 3 nitrogen and oxygen atoms in total. The number of ketones is 1. The molecule has 0 aliphatic rings. The first-order chi connectivity index (χ1) is 9.97. The number of methoxy groups -OCH3 is 2. The predicted molar refractivity (Wildman–Crippen MR) is 74.1 cm³/mol. The van der Waals surface area contributed by atoms with Crippen molar-refractivity contribution in [2.45, 2.75) is 6.92 Å². The summed E-state index contributed by atoms with van der Waals surface area (Å²) in [5.41, 5.74) is -0.0194. The molecule has 0 bridgehead atoms. The summed E-state index contributed by atoms with van der Waals surface area (Å²) >= 11 is 0. The van der Waals surface area contributed by atoms with E-state index in [0.717, 1.165) is 0 Å². The Balaban J connectivity index is 2.52. The highest BCUT2D eigenvalue weighted by atomic mass is 19.2. The smallest absolute Gasteiger partial charge is 0.196 e. The Hall–Kier alpha value is -2.43. The molecule has 0 aromatic heterocycles. The van der Waals surface area contributed by atoms with E-state index in [0.29, 0.717) is 11.5 Å². The number of halogens is 2. The van der Waals surface area contributed by atoms with E-state index >= 15 is 0 Å². The van der Waals surface area contributed by atoms with Crippen molar-refractivity contribution in [2.24, 2.45) is 0 Å². The van der Waals surface area contributed by atoms with Gasteiger partial charge in [0.2, 0.25) is 0 Å². The average Bonchev–Trinajstić information content (AvgIpc) is 2.51. The van der Waals surface area contributed by atoms with Crippen molar-refractivity contribution >= 4 is 5.78 Å². The quantitative estimate of drug-likeness (QED) is 0.809. The largest absolute Gasteiger partial charge is 0.497 e. The molecule has 110 valence electrons. The van der Waals surface area contributed by atoms with Crippen LogP contribution < -0.4 is 9.47 Å². The summed E-state index contributed by atoms with van der Waals surface area (Å²) in [6, 6.07) is 7.11. The van der Waals surface area contributed by atoms with Gasteiger partial charge in [-0.05, 0) is 30.7 Å². The lowest BCUT2D eigenvalue weighted by Crippen LogP contribution is -2.07. The lowest BCUT2D eigenvalue weighted by atomic mass is 10.0. The minimum absolute atomic E-state index is 0.146. The summed E-state index contributed by atoms with van der Waals surface area (Å²) < 4.78 is 37.6. The zero-order chi connectivity index (χ0) is 15.6. The first kappa shape index (κ1) is 15.0. The van der Waals surface area contributed by atoms with Gasteiger partial charge in [0.15, 0.2) is 17.4 Å². The Labute approximate surface area is 121 Å². The normalized spacial score (nSPS) is 10.3. The van der Waals surface area contributed by atoms with Gasteiger partial charge < -0.3 is 9.47 Å². The number of carbonyl (C=O) groups is 1. The number of aryl methyl sites for hydroxylation is 1. The Morgan fingerprint density at radius 2 is 1.52 bits per heavy atom. The SMILES string of the molecule is COc1cc(OC)cc(C(=O)c2ccc(C)c(F)c2F)c1. The van der Waals surface area contributed by atoms with Crippen LogP contribution in [0.25, 0.3) is 0 Å². The molecule has 0 aliphatic heterocycles. The van der Waals surface area contributed by atoms with Gasteiger partial charge in [0.1, 0.15) is 11.5 Å². The number of rotatable bonds is 4. The molecular weight excluding hydrogens is 278 g/mol. The van der Waals surface area contributed by atoms with E-state index < -0.39 is 17.4 Å². The Morgan fingerprint density at radius 3 is 2.05 bits per heavy atom. The van der Waals surface area contributed by atoms with E-state index in [9.17, 15) is 13.6 Å². The van der Waals surface area contributed by atoms with Crippen LogP contribution in [-0.2, 0) is 0 Å². The van der Waals surface area contributed by atoms with Gasteiger partial charge in [0.25, 0.3) is 0 Å². The third kappa shape index (κ3) is 2.86. The highest BCUT2D eigenvalue weighted by molar-refractivity contribution is 6.09. The highest BCUT2D eigenvalue weighted by Gasteiger charge is 2.19. The molecule has 0 fully saturated rings. The number of carbonyl (C=O) groups excluding carboxylic acids is 1. The Bertz CT molecular complexity index is 674. The summed E-state index contributed by atoms with van der Waals surface area (Å²) in [6.45, 7) is 1.43. The minimum Gasteiger partial charge on any atom is -0.497 e. The number of benzene rings is 2. The molecule has 0 amide bonds. The fourth-order valence-electron chi connectivity index (χ4n) is 1.92.